The topological polar surface area (TPSA) is 87.5 Å². The minimum atomic E-state index is -0.286. The van der Waals surface area contributed by atoms with Gasteiger partial charge in [0.1, 0.15) is 18.2 Å². The number of nitrogens with one attached hydrogen (secondary N) is 1. The molecule has 4 rings (SSSR count). The first kappa shape index (κ1) is 25.1. The largest absolute Gasteiger partial charge is 0.505 e. The number of aromatic nitrogens is 2. The summed E-state index contributed by atoms with van der Waals surface area (Å²) in [6, 6.07) is 21.6. The van der Waals surface area contributed by atoms with Crippen molar-refractivity contribution in [2.45, 2.75) is 19.1 Å². The molecule has 0 radical (unpaired) electrons. The Morgan fingerprint density at radius 3 is 2.31 bits per heavy atom. The number of phenolic OH excluding ortho intramolecular Hbond substituents is 1. The summed E-state index contributed by atoms with van der Waals surface area (Å²) in [6.07, 6.45) is 0.548. The average Bonchev–Trinajstić information content (AvgIpc) is 2.87. The molecule has 6 nitrogen and oxygen atoms in total. The van der Waals surface area contributed by atoms with E-state index in [4.69, 9.17) is 39.5 Å². The summed E-state index contributed by atoms with van der Waals surface area (Å²) in [5, 5.41) is 32.2. The highest BCUT2D eigenvalue weighted by Crippen LogP contribution is 2.35. The molecule has 0 spiro atoms. The Bertz CT molecular complexity index is 1280. The third-order valence-corrected chi connectivity index (χ3v) is 6.23. The van der Waals surface area contributed by atoms with Crippen molar-refractivity contribution in [2.75, 3.05) is 11.9 Å². The molecule has 0 bridgehead atoms. The van der Waals surface area contributed by atoms with Gasteiger partial charge in [0, 0.05) is 16.1 Å². The van der Waals surface area contributed by atoms with E-state index in [1.54, 1.807) is 24.3 Å². The number of benzene rings is 3. The van der Waals surface area contributed by atoms with Crippen molar-refractivity contribution in [3.8, 4) is 22.8 Å². The van der Waals surface area contributed by atoms with Crippen molar-refractivity contribution < 1.29 is 14.9 Å². The number of aliphatic hydroxyl groups excluding tert-OH is 1. The molecule has 3 N–H and O–H groups in total. The minimum Gasteiger partial charge on any atom is -0.505 e. The van der Waals surface area contributed by atoms with Crippen LogP contribution in [-0.2, 0) is 13.0 Å². The summed E-state index contributed by atoms with van der Waals surface area (Å²) in [6.45, 7) is 0.265. The number of halogens is 3. The number of anilines is 1. The van der Waals surface area contributed by atoms with E-state index in [0.717, 1.165) is 16.9 Å². The molecule has 180 valence electrons. The summed E-state index contributed by atoms with van der Waals surface area (Å²) in [7, 11) is 0. The van der Waals surface area contributed by atoms with E-state index in [1.165, 1.54) is 0 Å². The summed E-state index contributed by atoms with van der Waals surface area (Å²) in [5.74, 6) is 1.05. The smallest absolute Gasteiger partial charge is 0.152 e. The second-order valence-corrected chi connectivity index (χ2v) is 9.07. The molecule has 0 saturated carbocycles. The maximum Gasteiger partial charge on any atom is 0.152 e. The van der Waals surface area contributed by atoms with Gasteiger partial charge >= 0.3 is 0 Å². The van der Waals surface area contributed by atoms with Gasteiger partial charge < -0.3 is 20.3 Å². The van der Waals surface area contributed by atoms with Gasteiger partial charge in [-0.15, -0.1) is 10.2 Å². The molecular formula is C26H22Cl3N3O3. The second kappa shape index (κ2) is 11.6. The number of ether oxygens (including phenoxy) is 1. The Balaban J connectivity index is 1.39. The molecule has 0 aliphatic carbocycles. The van der Waals surface area contributed by atoms with Crippen LogP contribution in [0.5, 0.6) is 11.5 Å². The predicted octanol–water partition coefficient (Wildman–Crippen LogP) is 6.40. The first-order valence-electron chi connectivity index (χ1n) is 10.8. The maximum atomic E-state index is 9.91. The Morgan fingerprint density at radius 2 is 1.63 bits per heavy atom. The minimum absolute atomic E-state index is 0.0999. The Morgan fingerprint density at radius 1 is 0.857 bits per heavy atom. The molecule has 9 heteroatoms. The average molecular weight is 531 g/mol. The number of hydrogen-bond acceptors (Lipinski definition) is 6. The normalized spacial score (nSPS) is 11.8. The number of aliphatic hydroxyl groups is 1. The third kappa shape index (κ3) is 6.55. The predicted molar refractivity (Wildman–Crippen MR) is 140 cm³/mol. The molecule has 3 aromatic carbocycles. The van der Waals surface area contributed by atoms with E-state index in [-0.39, 0.29) is 28.4 Å². The number of nitrogens with zero attached hydrogens (tertiary/aromatic N) is 2. The Labute approximate surface area is 218 Å². The molecule has 1 heterocycles. The van der Waals surface area contributed by atoms with Crippen molar-refractivity contribution >= 4 is 40.6 Å². The van der Waals surface area contributed by atoms with Gasteiger partial charge in [0.15, 0.2) is 5.75 Å². The van der Waals surface area contributed by atoms with Crippen molar-refractivity contribution in [1.82, 2.24) is 10.2 Å². The van der Waals surface area contributed by atoms with Gasteiger partial charge in [-0.2, -0.15) is 0 Å². The van der Waals surface area contributed by atoms with Gasteiger partial charge in [0.2, 0.25) is 0 Å². The van der Waals surface area contributed by atoms with Crippen LogP contribution in [0.25, 0.3) is 11.3 Å². The molecule has 0 saturated heterocycles. The van der Waals surface area contributed by atoms with Crippen LogP contribution in [-0.4, -0.2) is 33.1 Å². The number of hydrogen-bond donors (Lipinski definition) is 3. The van der Waals surface area contributed by atoms with Crippen LogP contribution in [0.1, 0.15) is 11.1 Å². The number of aromatic hydroxyl groups is 1. The zero-order valence-corrected chi connectivity index (χ0v) is 20.7. The van der Waals surface area contributed by atoms with Gasteiger partial charge in [-0.3, -0.25) is 0 Å². The Kier molecular flexibility index (Phi) is 8.31. The monoisotopic (exact) mass is 529 g/mol. The van der Waals surface area contributed by atoms with Crippen molar-refractivity contribution in [1.29, 1.82) is 0 Å². The van der Waals surface area contributed by atoms with Gasteiger partial charge in [0.25, 0.3) is 0 Å². The molecule has 4 aromatic rings. The number of rotatable bonds is 9. The SMILES string of the molecule is OCC(Cc1cccc(OCc2ccccc2Cl)c1)Nc1ccc(-c2cc(Cl)c(O)c(Cl)c2)nn1. The van der Waals surface area contributed by atoms with Crippen LogP contribution in [0.15, 0.2) is 72.8 Å². The summed E-state index contributed by atoms with van der Waals surface area (Å²) >= 11 is 18.2. The molecule has 0 aliphatic heterocycles. The Hall–Kier alpha value is -3.03. The van der Waals surface area contributed by atoms with E-state index in [2.05, 4.69) is 15.5 Å². The van der Waals surface area contributed by atoms with Gasteiger partial charge in [0.05, 0.1) is 28.4 Å². The van der Waals surface area contributed by atoms with Crippen LogP contribution in [0, 0.1) is 0 Å². The van der Waals surface area contributed by atoms with E-state index in [9.17, 15) is 10.2 Å². The molecule has 0 aliphatic rings. The zero-order valence-electron chi connectivity index (χ0n) is 18.5. The lowest BCUT2D eigenvalue weighted by Crippen LogP contribution is -2.27. The van der Waals surface area contributed by atoms with Crippen molar-refractivity contribution in [3.05, 3.63) is 99.0 Å². The summed E-state index contributed by atoms with van der Waals surface area (Å²) < 4.78 is 5.90. The maximum absolute atomic E-state index is 9.91. The van der Waals surface area contributed by atoms with E-state index in [1.807, 2.05) is 48.5 Å². The standard InChI is InChI=1S/C26H22Cl3N3O3/c27-21-7-2-1-5-17(21)15-35-20-6-3-4-16(11-20)10-19(14-33)30-25-9-8-24(31-32-25)18-12-22(28)26(34)23(29)13-18/h1-9,11-13,19,33-34H,10,14-15H2,(H,30,32). The zero-order chi connectivity index (χ0) is 24.8. The van der Waals surface area contributed by atoms with Crippen molar-refractivity contribution in [2.24, 2.45) is 0 Å². The molecule has 35 heavy (non-hydrogen) atoms. The lowest BCUT2D eigenvalue weighted by molar-refractivity contribution is 0.273. The van der Waals surface area contributed by atoms with Crippen LogP contribution in [0.4, 0.5) is 5.82 Å². The molecule has 1 aromatic heterocycles. The first-order valence-corrected chi connectivity index (χ1v) is 11.9. The fraction of sp³-hybridized carbons (Fsp3) is 0.154. The fourth-order valence-electron chi connectivity index (χ4n) is 3.47. The molecule has 1 atom stereocenters. The van der Waals surface area contributed by atoms with Crippen LogP contribution in [0.3, 0.4) is 0 Å². The van der Waals surface area contributed by atoms with E-state index in [0.29, 0.717) is 35.1 Å². The second-order valence-electron chi connectivity index (χ2n) is 7.85. The van der Waals surface area contributed by atoms with Crippen LogP contribution >= 0.6 is 34.8 Å². The quantitative estimate of drug-likeness (QED) is 0.232. The van der Waals surface area contributed by atoms with Crippen LogP contribution < -0.4 is 10.1 Å². The first-order chi connectivity index (χ1) is 16.9. The van der Waals surface area contributed by atoms with E-state index >= 15 is 0 Å². The van der Waals surface area contributed by atoms with Gasteiger partial charge in [-0.05, 0) is 54.4 Å². The molecule has 0 amide bonds. The summed E-state index contributed by atoms with van der Waals surface area (Å²) in [4.78, 5) is 0. The highest BCUT2D eigenvalue weighted by molar-refractivity contribution is 6.37. The van der Waals surface area contributed by atoms with Crippen molar-refractivity contribution in [3.63, 3.8) is 0 Å². The molecule has 0 fully saturated rings. The lowest BCUT2D eigenvalue weighted by atomic mass is 10.1. The van der Waals surface area contributed by atoms with E-state index < -0.39 is 0 Å². The molecular weight excluding hydrogens is 509 g/mol. The summed E-state index contributed by atoms with van der Waals surface area (Å²) in [5.41, 5.74) is 3.08. The molecule has 1 unspecified atom stereocenters. The van der Waals surface area contributed by atoms with Gasteiger partial charge in [-0.1, -0.05) is 65.1 Å². The van der Waals surface area contributed by atoms with Gasteiger partial charge in [-0.25, -0.2) is 0 Å². The number of phenols is 1. The highest BCUT2D eigenvalue weighted by atomic mass is 35.5. The lowest BCUT2D eigenvalue weighted by Gasteiger charge is -2.17. The fourth-order valence-corrected chi connectivity index (χ4v) is 4.15. The van der Waals surface area contributed by atoms with Crippen LogP contribution in [0.2, 0.25) is 15.1 Å². The highest BCUT2D eigenvalue weighted by Gasteiger charge is 2.13. The third-order valence-electron chi connectivity index (χ3n) is 5.28.